The van der Waals surface area contributed by atoms with Gasteiger partial charge in [0.05, 0.1) is 5.54 Å². The van der Waals surface area contributed by atoms with Gasteiger partial charge in [-0.15, -0.1) is 0 Å². The molecule has 3 aliphatic rings. The van der Waals surface area contributed by atoms with Crippen LogP contribution in [0.2, 0.25) is 0 Å². The molecule has 3 rings (SSSR count). The molecule has 1 aliphatic carbocycles. The maximum atomic E-state index is 6.30. The SMILES string of the molecule is CCN(C1CCCC1)C1(CN)CCN2CCCC21. The molecule has 0 spiro atoms. The summed E-state index contributed by atoms with van der Waals surface area (Å²) in [5.74, 6) is 0. The molecule has 1 saturated carbocycles. The van der Waals surface area contributed by atoms with Crippen molar-refractivity contribution in [3.8, 4) is 0 Å². The Kier molecular flexibility index (Phi) is 3.65. The Hall–Kier alpha value is -0.120. The zero-order valence-corrected chi connectivity index (χ0v) is 11.9. The highest BCUT2D eigenvalue weighted by Crippen LogP contribution is 2.42. The number of fused-ring (bicyclic) bond motifs is 1. The van der Waals surface area contributed by atoms with Gasteiger partial charge in [0.1, 0.15) is 0 Å². The zero-order valence-electron chi connectivity index (χ0n) is 11.9. The van der Waals surface area contributed by atoms with Gasteiger partial charge >= 0.3 is 0 Å². The standard InChI is InChI=1S/C15H29N3/c1-2-18(13-6-3-4-7-13)15(12-16)9-11-17-10-5-8-14(15)17/h13-14H,2-12,16H2,1H3. The van der Waals surface area contributed by atoms with Gasteiger partial charge in [-0.1, -0.05) is 19.8 Å². The van der Waals surface area contributed by atoms with E-state index in [1.807, 2.05) is 0 Å². The molecule has 2 unspecified atom stereocenters. The Labute approximate surface area is 112 Å². The Morgan fingerprint density at radius 1 is 1.17 bits per heavy atom. The first-order valence-corrected chi connectivity index (χ1v) is 8.02. The fourth-order valence-electron chi connectivity index (χ4n) is 5.05. The van der Waals surface area contributed by atoms with Crippen molar-refractivity contribution in [2.24, 2.45) is 5.73 Å². The topological polar surface area (TPSA) is 32.5 Å². The van der Waals surface area contributed by atoms with E-state index in [0.29, 0.717) is 5.54 Å². The fourth-order valence-corrected chi connectivity index (χ4v) is 5.05. The molecule has 3 nitrogen and oxygen atoms in total. The first-order valence-electron chi connectivity index (χ1n) is 8.02. The largest absolute Gasteiger partial charge is 0.329 e. The van der Waals surface area contributed by atoms with Gasteiger partial charge in [-0.05, 0) is 45.2 Å². The monoisotopic (exact) mass is 251 g/mol. The zero-order chi connectivity index (χ0) is 12.6. The number of hydrogen-bond acceptors (Lipinski definition) is 3. The molecule has 2 saturated heterocycles. The number of likely N-dealkylation sites (N-methyl/N-ethyl adjacent to an activating group) is 1. The summed E-state index contributed by atoms with van der Waals surface area (Å²) in [5.41, 5.74) is 6.61. The van der Waals surface area contributed by atoms with Crippen molar-refractivity contribution in [2.45, 2.75) is 69.5 Å². The normalized spacial score (nSPS) is 37.8. The van der Waals surface area contributed by atoms with Crippen LogP contribution >= 0.6 is 0 Å². The van der Waals surface area contributed by atoms with Gasteiger partial charge in [0.15, 0.2) is 0 Å². The fraction of sp³-hybridized carbons (Fsp3) is 1.00. The van der Waals surface area contributed by atoms with Crippen molar-refractivity contribution < 1.29 is 0 Å². The Morgan fingerprint density at radius 2 is 1.94 bits per heavy atom. The van der Waals surface area contributed by atoms with Gasteiger partial charge in [0.25, 0.3) is 0 Å². The molecular formula is C15H29N3. The number of nitrogens with zero attached hydrogens (tertiary/aromatic N) is 2. The van der Waals surface area contributed by atoms with Crippen LogP contribution < -0.4 is 5.73 Å². The second kappa shape index (κ2) is 5.10. The molecule has 0 aromatic carbocycles. The summed E-state index contributed by atoms with van der Waals surface area (Å²) < 4.78 is 0. The summed E-state index contributed by atoms with van der Waals surface area (Å²) in [5, 5.41) is 0. The predicted octanol–water partition coefficient (Wildman–Crippen LogP) is 1.82. The molecule has 2 heterocycles. The number of nitrogens with two attached hydrogens (primary N) is 1. The van der Waals surface area contributed by atoms with Crippen molar-refractivity contribution >= 4 is 0 Å². The molecule has 0 aromatic rings. The third-order valence-corrected chi connectivity index (χ3v) is 5.85. The highest BCUT2D eigenvalue weighted by atomic mass is 15.3. The van der Waals surface area contributed by atoms with E-state index in [-0.39, 0.29) is 0 Å². The van der Waals surface area contributed by atoms with E-state index in [9.17, 15) is 0 Å². The maximum Gasteiger partial charge on any atom is 0.0501 e. The molecule has 3 fully saturated rings. The third kappa shape index (κ3) is 1.83. The van der Waals surface area contributed by atoms with E-state index in [0.717, 1.165) is 18.6 Å². The lowest BCUT2D eigenvalue weighted by Gasteiger charge is -2.47. The van der Waals surface area contributed by atoms with Gasteiger partial charge < -0.3 is 5.73 Å². The van der Waals surface area contributed by atoms with Crippen molar-refractivity contribution in [2.75, 3.05) is 26.2 Å². The molecule has 2 aliphatic heterocycles. The first-order chi connectivity index (χ1) is 8.81. The second-order valence-corrected chi connectivity index (χ2v) is 6.48. The van der Waals surface area contributed by atoms with Gasteiger partial charge in [0, 0.05) is 25.2 Å². The molecule has 3 heteroatoms. The average molecular weight is 251 g/mol. The summed E-state index contributed by atoms with van der Waals surface area (Å²) in [6, 6.07) is 1.57. The van der Waals surface area contributed by atoms with Crippen molar-refractivity contribution in [1.29, 1.82) is 0 Å². The molecule has 2 atom stereocenters. The van der Waals surface area contributed by atoms with Crippen LogP contribution in [0.4, 0.5) is 0 Å². The van der Waals surface area contributed by atoms with E-state index >= 15 is 0 Å². The molecule has 0 amide bonds. The van der Waals surface area contributed by atoms with E-state index in [1.54, 1.807) is 0 Å². The van der Waals surface area contributed by atoms with Crippen LogP contribution in [0, 0.1) is 0 Å². The van der Waals surface area contributed by atoms with Gasteiger partial charge in [0.2, 0.25) is 0 Å². The van der Waals surface area contributed by atoms with Gasteiger partial charge in [-0.25, -0.2) is 0 Å². The Balaban J connectivity index is 1.84. The minimum absolute atomic E-state index is 0.306. The van der Waals surface area contributed by atoms with Gasteiger partial charge in [-0.3, -0.25) is 9.80 Å². The van der Waals surface area contributed by atoms with Crippen LogP contribution in [0.15, 0.2) is 0 Å². The molecule has 18 heavy (non-hydrogen) atoms. The number of rotatable bonds is 4. The maximum absolute atomic E-state index is 6.30. The lowest BCUT2D eigenvalue weighted by Crippen LogP contribution is -2.62. The van der Waals surface area contributed by atoms with E-state index in [2.05, 4.69) is 16.7 Å². The van der Waals surface area contributed by atoms with E-state index in [1.165, 1.54) is 64.6 Å². The summed E-state index contributed by atoms with van der Waals surface area (Å²) in [6.07, 6.45) is 9.73. The van der Waals surface area contributed by atoms with Crippen molar-refractivity contribution in [3.05, 3.63) is 0 Å². The highest BCUT2D eigenvalue weighted by molar-refractivity contribution is 5.11. The highest BCUT2D eigenvalue weighted by Gasteiger charge is 2.52. The van der Waals surface area contributed by atoms with Crippen LogP contribution in [0.1, 0.15) is 51.9 Å². The van der Waals surface area contributed by atoms with E-state index in [4.69, 9.17) is 5.73 Å². The van der Waals surface area contributed by atoms with Crippen molar-refractivity contribution in [1.82, 2.24) is 9.80 Å². The second-order valence-electron chi connectivity index (χ2n) is 6.48. The molecule has 104 valence electrons. The quantitative estimate of drug-likeness (QED) is 0.827. The Morgan fingerprint density at radius 3 is 2.61 bits per heavy atom. The predicted molar refractivity (Wildman–Crippen MR) is 75.6 cm³/mol. The van der Waals surface area contributed by atoms with Crippen molar-refractivity contribution in [3.63, 3.8) is 0 Å². The summed E-state index contributed by atoms with van der Waals surface area (Å²) >= 11 is 0. The van der Waals surface area contributed by atoms with Crippen LogP contribution in [0.25, 0.3) is 0 Å². The lowest BCUT2D eigenvalue weighted by atomic mass is 9.85. The summed E-state index contributed by atoms with van der Waals surface area (Å²) in [4.78, 5) is 5.53. The minimum atomic E-state index is 0.306. The van der Waals surface area contributed by atoms with Crippen LogP contribution in [-0.2, 0) is 0 Å². The molecule has 2 N–H and O–H groups in total. The average Bonchev–Trinajstić information content (AvgIpc) is 3.07. The third-order valence-electron chi connectivity index (χ3n) is 5.85. The van der Waals surface area contributed by atoms with Crippen LogP contribution in [-0.4, -0.2) is 53.6 Å². The minimum Gasteiger partial charge on any atom is -0.329 e. The van der Waals surface area contributed by atoms with E-state index < -0.39 is 0 Å². The van der Waals surface area contributed by atoms with Crippen LogP contribution in [0.3, 0.4) is 0 Å². The molecule has 0 radical (unpaired) electrons. The summed E-state index contributed by atoms with van der Waals surface area (Å²) in [6.45, 7) is 6.98. The Bertz CT molecular complexity index is 287. The van der Waals surface area contributed by atoms with Crippen LogP contribution in [0.5, 0.6) is 0 Å². The summed E-state index contributed by atoms with van der Waals surface area (Å²) in [7, 11) is 0. The molecular weight excluding hydrogens is 222 g/mol. The molecule has 0 bridgehead atoms. The smallest absolute Gasteiger partial charge is 0.0501 e. The first kappa shape index (κ1) is 12.9. The van der Waals surface area contributed by atoms with Gasteiger partial charge in [-0.2, -0.15) is 0 Å². The number of hydrogen-bond donors (Lipinski definition) is 1. The lowest BCUT2D eigenvalue weighted by molar-refractivity contribution is 0.0324. The molecule has 0 aromatic heterocycles.